The third kappa shape index (κ3) is 4.39. The fourth-order valence-electron chi connectivity index (χ4n) is 2.86. The number of hydrogen-bond acceptors (Lipinski definition) is 4. The Labute approximate surface area is 145 Å². The molecule has 0 unspecified atom stereocenters. The quantitative estimate of drug-likeness (QED) is 0.874. The van der Waals surface area contributed by atoms with E-state index in [1.807, 2.05) is 0 Å². The van der Waals surface area contributed by atoms with Gasteiger partial charge in [0.25, 0.3) is 5.91 Å². The van der Waals surface area contributed by atoms with Crippen LogP contribution in [0.2, 0.25) is 0 Å². The lowest BCUT2D eigenvalue weighted by atomic mass is 9.81. The van der Waals surface area contributed by atoms with Gasteiger partial charge in [-0.05, 0) is 49.0 Å². The summed E-state index contributed by atoms with van der Waals surface area (Å²) in [4.78, 5) is 16.7. The van der Waals surface area contributed by atoms with E-state index in [1.54, 1.807) is 17.5 Å². The van der Waals surface area contributed by atoms with Gasteiger partial charge in [0.2, 0.25) is 0 Å². The largest absolute Gasteiger partial charge is 0.350 e. The molecule has 128 valence electrons. The lowest BCUT2D eigenvalue weighted by Crippen LogP contribution is -2.42. The van der Waals surface area contributed by atoms with E-state index in [9.17, 15) is 9.18 Å². The van der Waals surface area contributed by atoms with Gasteiger partial charge in [0.15, 0.2) is 0 Å². The maximum atomic E-state index is 12.9. The van der Waals surface area contributed by atoms with Crippen molar-refractivity contribution in [3.8, 4) is 0 Å². The molecule has 1 aliphatic rings. The molecule has 2 N–H and O–H groups in total. The molecule has 1 fully saturated rings. The zero-order valence-electron chi connectivity index (χ0n) is 13.8. The van der Waals surface area contributed by atoms with Crippen LogP contribution in [0.3, 0.4) is 0 Å². The van der Waals surface area contributed by atoms with E-state index in [0.29, 0.717) is 18.7 Å². The highest BCUT2D eigenvalue weighted by Gasteiger charge is 2.27. The monoisotopic (exact) mass is 347 g/mol. The fourth-order valence-corrected chi connectivity index (χ4v) is 3.67. The van der Waals surface area contributed by atoms with Gasteiger partial charge in [-0.2, -0.15) is 0 Å². The molecular weight excluding hydrogens is 325 g/mol. The van der Waals surface area contributed by atoms with Crippen molar-refractivity contribution >= 4 is 17.2 Å². The number of benzene rings is 1. The topological polar surface area (TPSA) is 54.0 Å². The number of nitrogens with zero attached hydrogens (tertiary/aromatic N) is 1. The molecule has 24 heavy (non-hydrogen) atoms. The summed E-state index contributed by atoms with van der Waals surface area (Å²) in [5.41, 5.74) is 1.61. The van der Waals surface area contributed by atoms with E-state index >= 15 is 0 Å². The minimum absolute atomic E-state index is 0.114. The van der Waals surface area contributed by atoms with E-state index < -0.39 is 0 Å². The first-order valence-electron chi connectivity index (χ1n) is 8.22. The standard InChI is InChI=1S/C18H22FN3OS/c1-18(6-8-20-9-7-18)12-21-17(23)15-11-24-16(22-15)10-13-2-4-14(19)5-3-13/h2-5,11,20H,6-10,12H2,1H3,(H,21,23). The summed E-state index contributed by atoms with van der Waals surface area (Å²) >= 11 is 1.46. The molecule has 3 rings (SSSR count). The normalized spacial score (nSPS) is 16.8. The molecule has 0 bridgehead atoms. The molecule has 4 nitrogen and oxygen atoms in total. The zero-order valence-corrected chi connectivity index (χ0v) is 14.6. The van der Waals surface area contributed by atoms with Gasteiger partial charge >= 0.3 is 0 Å². The number of piperidine rings is 1. The molecule has 0 aliphatic carbocycles. The number of rotatable bonds is 5. The fraction of sp³-hybridized carbons (Fsp3) is 0.444. The molecule has 0 spiro atoms. The molecule has 2 heterocycles. The molecule has 1 aromatic heterocycles. The van der Waals surface area contributed by atoms with Gasteiger partial charge in [-0.3, -0.25) is 4.79 Å². The minimum atomic E-state index is -0.246. The average Bonchev–Trinajstić information content (AvgIpc) is 3.04. The van der Waals surface area contributed by atoms with Crippen LogP contribution in [-0.4, -0.2) is 30.5 Å². The van der Waals surface area contributed by atoms with Crippen molar-refractivity contribution < 1.29 is 9.18 Å². The molecule has 0 radical (unpaired) electrons. The Balaban J connectivity index is 1.56. The highest BCUT2D eigenvalue weighted by Crippen LogP contribution is 2.26. The Hall–Kier alpha value is -1.79. The van der Waals surface area contributed by atoms with E-state index in [4.69, 9.17) is 0 Å². The molecular formula is C18H22FN3OS. The molecule has 1 aromatic carbocycles. The Morgan fingerprint density at radius 2 is 2.04 bits per heavy atom. The summed E-state index contributed by atoms with van der Waals surface area (Å²) in [6.07, 6.45) is 2.75. The van der Waals surface area contributed by atoms with Crippen molar-refractivity contribution in [2.75, 3.05) is 19.6 Å². The third-order valence-electron chi connectivity index (χ3n) is 4.54. The zero-order chi connectivity index (χ0) is 17.0. The van der Waals surface area contributed by atoms with Crippen LogP contribution in [0.1, 0.15) is 40.8 Å². The van der Waals surface area contributed by atoms with Crippen LogP contribution in [0, 0.1) is 11.2 Å². The van der Waals surface area contributed by atoms with Gasteiger partial charge in [-0.15, -0.1) is 11.3 Å². The first-order valence-corrected chi connectivity index (χ1v) is 9.10. The third-order valence-corrected chi connectivity index (χ3v) is 5.39. The van der Waals surface area contributed by atoms with Crippen LogP contribution in [0.4, 0.5) is 4.39 Å². The highest BCUT2D eigenvalue weighted by atomic mass is 32.1. The van der Waals surface area contributed by atoms with E-state index in [-0.39, 0.29) is 17.1 Å². The number of amides is 1. The molecule has 0 saturated carbocycles. The van der Waals surface area contributed by atoms with Gasteiger partial charge < -0.3 is 10.6 Å². The van der Waals surface area contributed by atoms with E-state index in [0.717, 1.165) is 36.5 Å². The molecule has 6 heteroatoms. The van der Waals surface area contributed by atoms with Crippen LogP contribution in [0.15, 0.2) is 29.6 Å². The summed E-state index contributed by atoms with van der Waals surface area (Å²) in [6, 6.07) is 6.37. The van der Waals surface area contributed by atoms with Crippen molar-refractivity contribution in [3.63, 3.8) is 0 Å². The van der Waals surface area contributed by atoms with Crippen LogP contribution in [0.25, 0.3) is 0 Å². The summed E-state index contributed by atoms with van der Waals surface area (Å²) in [5.74, 6) is -0.360. The van der Waals surface area contributed by atoms with Gasteiger partial charge in [0.1, 0.15) is 11.5 Å². The summed E-state index contributed by atoms with van der Waals surface area (Å²) in [6.45, 7) is 4.91. The predicted octanol–water partition coefficient (Wildman–Crippen LogP) is 2.99. The molecule has 1 aliphatic heterocycles. The number of carbonyl (C=O) groups excluding carboxylic acids is 1. The lowest BCUT2D eigenvalue weighted by molar-refractivity contribution is 0.0918. The Bertz CT molecular complexity index is 693. The minimum Gasteiger partial charge on any atom is -0.350 e. The second-order valence-electron chi connectivity index (χ2n) is 6.67. The molecule has 1 saturated heterocycles. The van der Waals surface area contributed by atoms with Gasteiger partial charge in [-0.1, -0.05) is 19.1 Å². The summed E-state index contributed by atoms with van der Waals surface area (Å²) in [5, 5.41) is 9.02. The average molecular weight is 347 g/mol. The summed E-state index contributed by atoms with van der Waals surface area (Å²) in [7, 11) is 0. The smallest absolute Gasteiger partial charge is 0.270 e. The number of aromatic nitrogens is 1. The van der Waals surface area contributed by atoms with E-state index in [2.05, 4.69) is 22.5 Å². The second-order valence-corrected chi connectivity index (χ2v) is 7.62. The van der Waals surface area contributed by atoms with Crippen molar-refractivity contribution in [3.05, 3.63) is 51.7 Å². The van der Waals surface area contributed by atoms with Gasteiger partial charge in [0, 0.05) is 18.3 Å². The number of nitrogens with one attached hydrogen (secondary N) is 2. The molecule has 2 aromatic rings. The van der Waals surface area contributed by atoms with Crippen LogP contribution >= 0.6 is 11.3 Å². The van der Waals surface area contributed by atoms with Crippen LogP contribution in [-0.2, 0) is 6.42 Å². The van der Waals surface area contributed by atoms with Crippen molar-refractivity contribution in [2.45, 2.75) is 26.2 Å². The Kier molecular flexibility index (Phi) is 5.26. The Morgan fingerprint density at radius 1 is 1.33 bits per heavy atom. The van der Waals surface area contributed by atoms with Crippen molar-refractivity contribution in [1.82, 2.24) is 15.6 Å². The number of thiazole rings is 1. The van der Waals surface area contributed by atoms with E-state index in [1.165, 1.54) is 23.5 Å². The highest BCUT2D eigenvalue weighted by molar-refractivity contribution is 7.09. The number of carbonyl (C=O) groups is 1. The van der Waals surface area contributed by atoms with Crippen LogP contribution < -0.4 is 10.6 Å². The lowest BCUT2D eigenvalue weighted by Gasteiger charge is -2.34. The summed E-state index contributed by atoms with van der Waals surface area (Å²) < 4.78 is 12.9. The predicted molar refractivity (Wildman–Crippen MR) is 93.9 cm³/mol. The number of halogens is 1. The SMILES string of the molecule is CC1(CNC(=O)c2csc(Cc3ccc(F)cc3)n2)CCNCC1. The second kappa shape index (κ2) is 7.40. The van der Waals surface area contributed by atoms with Crippen LogP contribution in [0.5, 0.6) is 0 Å². The Morgan fingerprint density at radius 3 is 2.75 bits per heavy atom. The van der Waals surface area contributed by atoms with Gasteiger partial charge in [0.05, 0.1) is 5.01 Å². The maximum absolute atomic E-state index is 12.9. The first kappa shape index (κ1) is 17.0. The van der Waals surface area contributed by atoms with Crippen molar-refractivity contribution in [1.29, 1.82) is 0 Å². The number of hydrogen-bond donors (Lipinski definition) is 2. The molecule has 1 amide bonds. The maximum Gasteiger partial charge on any atom is 0.270 e. The van der Waals surface area contributed by atoms with Gasteiger partial charge in [-0.25, -0.2) is 9.37 Å². The molecule has 0 atom stereocenters. The first-order chi connectivity index (χ1) is 11.5. The van der Waals surface area contributed by atoms with Crippen molar-refractivity contribution in [2.24, 2.45) is 5.41 Å².